The van der Waals surface area contributed by atoms with Crippen molar-refractivity contribution in [2.24, 2.45) is 0 Å². The normalized spacial score (nSPS) is 11.7. The van der Waals surface area contributed by atoms with Gasteiger partial charge in [0, 0.05) is 11.3 Å². The summed E-state index contributed by atoms with van der Waals surface area (Å²) in [7, 11) is 0. The molecular weight excluding hydrogens is 372 g/mol. The quantitative estimate of drug-likeness (QED) is 0.624. The van der Waals surface area contributed by atoms with Crippen molar-refractivity contribution in [1.29, 1.82) is 0 Å². The third kappa shape index (κ3) is 4.28. The monoisotopic (exact) mass is 394 g/mol. The van der Waals surface area contributed by atoms with Crippen LogP contribution in [0.3, 0.4) is 0 Å². The van der Waals surface area contributed by atoms with E-state index in [4.69, 9.17) is 4.74 Å². The molecule has 0 fully saturated rings. The number of esters is 1. The van der Waals surface area contributed by atoms with Gasteiger partial charge in [-0.1, -0.05) is 48.5 Å². The number of benzene rings is 2. The van der Waals surface area contributed by atoms with Crippen LogP contribution in [0.1, 0.15) is 32.7 Å². The van der Waals surface area contributed by atoms with E-state index in [9.17, 15) is 9.59 Å². The van der Waals surface area contributed by atoms with Crippen LogP contribution in [0.4, 0.5) is 5.69 Å². The highest BCUT2D eigenvalue weighted by Crippen LogP contribution is 2.29. The van der Waals surface area contributed by atoms with Gasteiger partial charge in [-0.25, -0.2) is 9.78 Å². The second-order valence-corrected chi connectivity index (χ2v) is 7.78. The number of aryl methyl sites for hydroxylation is 3. The lowest BCUT2D eigenvalue weighted by molar-refractivity contribution is -0.123. The number of amides is 1. The first-order valence-corrected chi connectivity index (χ1v) is 9.79. The summed E-state index contributed by atoms with van der Waals surface area (Å²) in [6.45, 7) is 7.25. The maximum absolute atomic E-state index is 12.7. The topological polar surface area (TPSA) is 68.3 Å². The van der Waals surface area contributed by atoms with Gasteiger partial charge < -0.3 is 10.1 Å². The highest BCUT2D eigenvalue weighted by Gasteiger charge is 2.24. The third-order valence-corrected chi connectivity index (χ3v) is 5.30. The van der Waals surface area contributed by atoms with Crippen LogP contribution in [0, 0.1) is 20.8 Å². The zero-order chi connectivity index (χ0) is 20.3. The molecule has 1 heterocycles. The van der Waals surface area contributed by atoms with Crippen LogP contribution in [-0.4, -0.2) is 23.0 Å². The average molecular weight is 394 g/mol. The first kappa shape index (κ1) is 19.8. The molecule has 0 radical (unpaired) electrons. The van der Waals surface area contributed by atoms with Crippen LogP contribution in [0.25, 0.3) is 11.3 Å². The van der Waals surface area contributed by atoms with Crippen molar-refractivity contribution in [3.63, 3.8) is 0 Å². The molecule has 0 aliphatic heterocycles. The van der Waals surface area contributed by atoms with Gasteiger partial charge >= 0.3 is 5.97 Å². The molecule has 1 atom stereocenters. The molecule has 0 aliphatic rings. The summed E-state index contributed by atoms with van der Waals surface area (Å²) in [5.74, 6) is -0.915. The molecule has 28 heavy (non-hydrogen) atoms. The van der Waals surface area contributed by atoms with Gasteiger partial charge in [-0.3, -0.25) is 4.79 Å². The minimum absolute atomic E-state index is 0.367. The number of para-hydroxylation sites is 1. The van der Waals surface area contributed by atoms with Crippen molar-refractivity contribution in [2.75, 3.05) is 5.32 Å². The molecule has 1 N–H and O–H groups in total. The highest BCUT2D eigenvalue weighted by molar-refractivity contribution is 7.14. The fourth-order valence-corrected chi connectivity index (χ4v) is 3.69. The van der Waals surface area contributed by atoms with Gasteiger partial charge in [0.05, 0.1) is 10.7 Å². The van der Waals surface area contributed by atoms with E-state index < -0.39 is 12.1 Å². The molecule has 5 nitrogen and oxygen atoms in total. The Labute approximate surface area is 168 Å². The van der Waals surface area contributed by atoms with Gasteiger partial charge in [0.1, 0.15) is 4.88 Å². The van der Waals surface area contributed by atoms with Gasteiger partial charge in [-0.15, -0.1) is 11.3 Å². The fraction of sp³-hybridized carbons (Fsp3) is 0.227. The Morgan fingerprint density at radius 1 is 1.00 bits per heavy atom. The van der Waals surface area contributed by atoms with Crippen molar-refractivity contribution >= 4 is 28.9 Å². The van der Waals surface area contributed by atoms with E-state index in [1.165, 1.54) is 11.3 Å². The molecule has 3 rings (SSSR count). The van der Waals surface area contributed by atoms with E-state index in [0.717, 1.165) is 27.4 Å². The summed E-state index contributed by atoms with van der Waals surface area (Å²) in [5.41, 5.74) is 4.07. The molecule has 1 aromatic heterocycles. The number of aromatic nitrogens is 1. The van der Waals surface area contributed by atoms with Gasteiger partial charge in [-0.05, 0) is 38.8 Å². The molecule has 0 aliphatic carbocycles. The molecule has 0 saturated carbocycles. The number of nitrogens with one attached hydrogen (secondary N) is 1. The molecule has 6 heteroatoms. The summed E-state index contributed by atoms with van der Waals surface area (Å²) in [6.07, 6.45) is -0.933. The number of hydrogen-bond acceptors (Lipinski definition) is 5. The maximum Gasteiger partial charge on any atom is 0.351 e. The third-order valence-electron chi connectivity index (χ3n) is 4.35. The summed E-state index contributed by atoms with van der Waals surface area (Å²) < 4.78 is 5.45. The smallest absolute Gasteiger partial charge is 0.351 e. The Hall–Kier alpha value is -2.99. The Morgan fingerprint density at radius 3 is 2.29 bits per heavy atom. The Balaban J connectivity index is 1.75. The zero-order valence-corrected chi connectivity index (χ0v) is 17.1. The molecule has 144 valence electrons. The number of ether oxygens (including phenoxy) is 1. The number of hydrogen-bond donors (Lipinski definition) is 1. The Morgan fingerprint density at radius 2 is 1.64 bits per heavy atom. The largest absolute Gasteiger partial charge is 0.448 e. The van der Waals surface area contributed by atoms with E-state index in [-0.39, 0.29) is 5.91 Å². The number of thiazole rings is 1. The van der Waals surface area contributed by atoms with E-state index in [2.05, 4.69) is 10.3 Å². The van der Waals surface area contributed by atoms with E-state index in [0.29, 0.717) is 10.6 Å². The number of nitrogens with zero attached hydrogens (tertiary/aromatic N) is 1. The molecule has 0 bridgehead atoms. The lowest BCUT2D eigenvalue weighted by Crippen LogP contribution is -2.30. The summed E-state index contributed by atoms with van der Waals surface area (Å²) in [5, 5.41) is 3.62. The summed E-state index contributed by atoms with van der Waals surface area (Å²) >= 11 is 1.26. The van der Waals surface area contributed by atoms with Crippen molar-refractivity contribution in [3.8, 4) is 11.3 Å². The van der Waals surface area contributed by atoms with Crippen LogP contribution >= 0.6 is 11.3 Å². The highest BCUT2D eigenvalue weighted by atomic mass is 32.1. The molecular formula is C22H22N2O3S. The molecule has 0 unspecified atom stereocenters. The van der Waals surface area contributed by atoms with Gasteiger partial charge in [0.2, 0.25) is 0 Å². The van der Waals surface area contributed by atoms with Gasteiger partial charge in [0.15, 0.2) is 6.10 Å². The second-order valence-electron chi connectivity index (χ2n) is 6.58. The van der Waals surface area contributed by atoms with E-state index >= 15 is 0 Å². The van der Waals surface area contributed by atoms with Crippen LogP contribution in [0.5, 0.6) is 0 Å². The van der Waals surface area contributed by atoms with Gasteiger partial charge in [0.25, 0.3) is 5.91 Å². The Kier molecular flexibility index (Phi) is 5.90. The minimum atomic E-state index is -0.933. The average Bonchev–Trinajstić information content (AvgIpc) is 3.07. The number of rotatable bonds is 5. The zero-order valence-electron chi connectivity index (χ0n) is 16.3. The number of anilines is 1. The summed E-state index contributed by atoms with van der Waals surface area (Å²) in [6, 6.07) is 15.2. The Bertz CT molecular complexity index is 992. The predicted octanol–water partition coefficient (Wildman–Crippen LogP) is 4.92. The van der Waals surface area contributed by atoms with E-state index in [1.54, 1.807) is 6.92 Å². The molecule has 2 aromatic carbocycles. The maximum atomic E-state index is 12.7. The van der Waals surface area contributed by atoms with E-state index in [1.807, 2.05) is 69.3 Å². The fourth-order valence-electron chi connectivity index (χ4n) is 2.86. The SMILES string of the molecule is Cc1nc(-c2ccccc2)c(C(=O)O[C@@H](C)C(=O)Nc2c(C)cccc2C)s1. The summed E-state index contributed by atoms with van der Waals surface area (Å²) in [4.78, 5) is 30.1. The lowest BCUT2D eigenvalue weighted by atomic mass is 10.1. The van der Waals surface area contributed by atoms with Crippen molar-refractivity contribution in [2.45, 2.75) is 33.8 Å². The standard InChI is InChI=1S/C22H22N2O3S/c1-13-9-8-10-14(2)18(13)24-21(25)15(3)27-22(26)20-19(23-16(4)28-20)17-11-6-5-7-12-17/h5-12,15H,1-4H3,(H,24,25)/t15-/m0/s1. The first-order chi connectivity index (χ1) is 13.4. The number of carbonyl (C=O) groups excluding carboxylic acids is 2. The van der Waals surface area contributed by atoms with Gasteiger partial charge in [-0.2, -0.15) is 0 Å². The van der Waals surface area contributed by atoms with Crippen LogP contribution in [-0.2, 0) is 9.53 Å². The van der Waals surface area contributed by atoms with Crippen LogP contribution in [0.2, 0.25) is 0 Å². The predicted molar refractivity (Wildman–Crippen MR) is 112 cm³/mol. The lowest BCUT2D eigenvalue weighted by Gasteiger charge is -2.16. The van der Waals surface area contributed by atoms with Crippen molar-refractivity contribution in [1.82, 2.24) is 4.98 Å². The first-order valence-electron chi connectivity index (χ1n) is 8.97. The molecule has 3 aromatic rings. The molecule has 1 amide bonds. The van der Waals surface area contributed by atoms with Crippen molar-refractivity contribution < 1.29 is 14.3 Å². The molecule has 0 spiro atoms. The van der Waals surface area contributed by atoms with Crippen LogP contribution in [0.15, 0.2) is 48.5 Å². The van der Waals surface area contributed by atoms with Crippen molar-refractivity contribution in [3.05, 3.63) is 69.5 Å². The number of carbonyl (C=O) groups is 2. The van der Waals surface area contributed by atoms with Crippen LogP contribution < -0.4 is 5.32 Å². The molecule has 0 saturated heterocycles. The minimum Gasteiger partial charge on any atom is -0.448 e. The second kappa shape index (κ2) is 8.35.